The van der Waals surface area contributed by atoms with Gasteiger partial charge in [-0.15, -0.1) is 0 Å². The van der Waals surface area contributed by atoms with E-state index in [4.69, 9.17) is 4.74 Å². The first-order chi connectivity index (χ1) is 10.2. The van der Waals surface area contributed by atoms with Crippen LogP contribution in [0.25, 0.3) is 0 Å². The summed E-state index contributed by atoms with van der Waals surface area (Å²) in [5.74, 6) is 1.28. The molecular formula is C20H32O2. The number of hydrogen-bond donors (Lipinski definition) is 1. The summed E-state index contributed by atoms with van der Waals surface area (Å²) in [6.45, 7) is 13.1. The summed E-state index contributed by atoms with van der Waals surface area (Å²) in [6.07, 6.45) is 9.23. The van der Waals surface area contributed by atoms with Gasteiger partial charge in [0.05, 0.1) is 5.60 Å². The van der Waals surface area contributed by atoms with Crippen LogP contribution in [-0.4, -0.2) is 22.9 Å². The third-order valence-electron chi connectivity index (χ3n) is 6.61. The van der Waals surface area contributed by atoms with E-state index in [0.717, 1.165) is 0 Å². The molecule has 1 heterocycles. The molecule has 124 valence electrons. The Hall–Kier alpha value is -0.600. The van der Waals surface area contributed by atoms with Crippen molar-refractivity contribution in [1.82, 2.24) is 0 Å². The summed E-state index contributed by atoms with van der Waals surface area (Å²) in [7, 11) is 0. The lowest BCUT2D eigenvalue weighted by Crippen LogP contribution is -2.38. The third kappa shape index (κ3) is 2.92. The monoisotopic (exact) mass is 304 g/mol. The van der Waals surface area contributed by atoms with Gasteiger partial charge in [-0.2, -0.15) is 0 Å². The molecule has 0 bridgehead atoms. The van der Waals surface area contributed by atoms with Crippen molar-refractivity contribution >= 4 is 0 Å². The molecule has 22 heavy (non-hydrogen) atoms. The number of aliphatic hydroxyl groups is 1. The van der Waals surface area contributed by atoms with Crippen molar-refractivity contribution in [2.24, 2.45) is 17.3 Å². The smallest absolute Gasteiger partial charge is 0.116 e. The first kappa shape index (κ1) is 16.3. The van der Waals surface area contributed by atoms with Gasteiger partial charge in [-0.05, 0) is 76.5 Å². The summed E-state index contributed by atoms with van der Waals surface area (Å²) in [6, 6.07) is 0. The SMILES string of the molecule is C=C1CCC[C@@]2(C)CC[C@H](/C(C)=C/[C@@H](O)C3OC3(C)C)C[C@H]12. The maximum atomic E-state index is 10.3. The molecule has 1 saturated heterocycles. The van der Waals surface area contributed by atoms with Crippen LogP contribution in [0.15, 0.2) is 23.8 Å². The number of hydrogen-bond acceptors (Lipinski definition) is 2. The Morgan fingerprint density at radius 1 is 1.36 bits per heavy atom. The van der Waals surface area contributed by atoms with Gasteiger partial charge >= 0.3 is 0 Å². The van der Waals surface area contributed by atoms with Crippen LogP contribution in [0.5, 0.6) is 0 Å². The van der Waals surface area contributed by atoms with Gasteiger partial charge in [0.15, 0.2) is 0 Å². The van der Waals surface area contributed by atoms with Crippen LogP contribution in [0.4, 0.5) is 0 Å². The molecule has 2 saturated carbocycles. The van der Waals surface area contributed by atoms with E-state index < -0.39 is 6.10 Å². The second-order valence-electron chi connectivity index (χ2n) is 8.73. The van der Waals surface area contributed by atoms with E-state index in [1.165, 1.54) is 49.7 Å². The topological polar surface area (TPSA) is 32.8 Å². The molecule has 0 aromatic carbocycles. The summed E-state index contributed by atoms with van der Waals surface area (Å²) >= 11 is 0. The van der Waals surface area contributed by atoms with Crippen LogP contribution in [0.1, 0.15) is 66.2 Å². The lowest BCUT2D eigenvalue weighted by atomic mass is 9.56. The Morgan fingerprint density at radius 3 is 2.68 bits per heavy atom. The molecule has 0 aromatic heterocycles. The van der Waals surface area contributed by atoms with Crippen molar-refractivity contribution in [1.29, 1.82) is 0 Å². The molecule has 2 nitrogen and oxygen atoms in total. The standard InChI is InChI=1S/C20H32O2/c1-13-7-6-9-20(5)10-8-15(12-16(13)20)14(2)11-17(21)18-19(3,4)22-18/h11,15-18,21H,1,6-10,12H2,2-5H3/b14-11+/t15-,16+,17+,18?,20-/m0/s1. The summed E-state index contributed by atoms with van der Waals surface area (Å²) in [5, 5.41) is 10.3. The zero-order valence-corrected chi connectivity index (χ0v) is 14.7. The number of fused-ring (bicyclic) bond motifs is 1. The van der Waals surface area contributed by atoms with Crippen molar-refractivity contribution in [3.8, 4) is 0 Å². The largest absolute Gasteiger partial charge is 0.386 e. The van der Waals surface area contributed by atoms with Gasteiger partial charge in [0.1, 0.15) is 12.2 Å². The molecule has 2 heteroatoms. The van der Waals surface area contributed by atoms with Crippen molar-refractivity contribution in [2.75, 3.05) is 0 Å². The van der Waals surface area contributed by atoms with Crippen LogP contribution in [0.2, 0.25) is 0 Å². The number of allylic oxidation sites excluding steroid dienone is 2. The molecule has 3 fully saturated rings. The van der Waals surface area contributed by atoms with Gasteiger partial charge in [0.2, 0.25) is 0 Å². The summed E-state index contributed by atoms with van der Waals surface area (Å²) in [4.78, 5) is 0. The molecule has 1 aliphatic heterocycles. The van der Waals surface area contributed by atoms with Gasteiger partial charge in [-0.3, -0.25) is 0 Å². The van der Waals surface area contributed by atoms with E-state index in [1.807, 2.05) is 13.8 Å². The van der Waals surface area contributed by atoms with Gasteiger partial charge in [-0.25, -0.2) is 0 Å². The zero-order valence-electron chi connectivity index (χ0n) is 14.7. The number of ether oxygens (including phenoxy) is 1. The zero-order chi connectivity index (χ0) is 16.1. The summed E-state index contributed by atoms with van der Waals surface area (Å²) in [5.41, 5.74) is 3.14. The predicted molar refractivity (Wildman–Crippen MR) is 90.6 cm³/mol. The van der Waals surface area contributed by atoms with E-state index in [-0.39, 0.29) is 11.7 Å². The average Bonchev–Trinajstić information content (AvgIpc) is 3.07. The van der Waals surface area contributed by atoms with Gasteiger partial charge in [0.25, 0.3) is 0 Å². The molecule has 2 aliphatic carbocycles. The lowest BCUT2D eigenvalue weighted by molar-refractivity contribution is 0.0824. The fourth-order valence-electron chi connectivity index (χ4n) is 4.90. The van der Waals surface area contributed by atoms with Crippen LogP contribution < -0.4 is 0 Å². The molecule has 3 aliphatic rings. The van der Waals surface area contributed by atoms with Crippen LogP contribution in [-0.2, 0) is 4.74 Å². The van der Waals surface area contributed by atoms with Gasteiger partial charge in [-0.1, -0.05) is 30.7 Å². The Morgan fingerprint density at radius 2 is 2.05 bits per heavy atom. The maximum absolute atomic E-state index is 10.3. The lowest BCUT2D eigenvalue weighted by Gasteiger charge is -2.49. The first-order valence-electron chi connectivity index (χ1n) is 8.95. The fraction of sp³-hybridized carbons (Fsp3) is 0.800. The van der Waals surface area contributed by atoms with E-state index in [9.17, 15) is 5.11 Å². The average molecular weight is 304 g/mol. The number of aliphatic hydroxyl groups excluding tert-OH is 1. The minimum absolute atomic E-state index is 0.0269. The van der Waals surface area contributed by atoms with E-state index >= 15 is 0 Å². The Bertz CT molecular complexity index is 490. The minimum Gasteiger partial charge on any atom is -0.386 e. The molecule has 1 N–H and O–H groups in total. The van der Waals surface area contributed by atoms with Crippen molar-refractivity contribution in [2.45, 2.75) is 84.0 Å². The molecule has 0 aromatic rings. The van der Waals surface area contributed by atoms with Crippen LogP contribution >= 0.6 is 0 Å². The van der Waals surface area contributed by atoms with Crippen molar-refractivity contribution in [3.63, 3.8) is 0 Å². The van der Waals surface area contributed by atoms with Crippen molar-refractivity contribution < 1.29 is 9.84 Å². The van der Waals surface area contributed by atoms with Gasteiger partial charge < -0.3 is 9.84 Å². The number of epoxide rings is 1. The highest BCUT2D eigenvalue weighted by Crippen LogP contribution is 2.54. The maximum Gasteiger partial charge on any atom is 0.116 e. The third-order valence-corrected chi connectivity index (χ3v) is 6.61. The molecule has 0 spiro atoms. The minimum atomic E-state index is -0.460. The number of rotatable bonds is 3. The van der Waals surface area contributed by atoms with Gasteiger partial charge in [0, 0.05) is 0 Å². The summed E-state index contributed by atoms with van der Waals surface area (Å²) < 4.78 is 5.56. The highest BCUT2D eigenvalue weighted by Gasteiger charge is 2.51. The quantitative estimate of drug-likeness (QED) is 0.609. The Labute approximate surface area is 135 Å². The molecule has 0 amide bonds. The van der Waals surface area contributed by atoms with Crippen molar-refractivity contribution in [3.05, 3.63) is 23.8 Å². The van der Waals surface area contributed by atoms with E-state index in [1.54, 1.807) is 0 Å². The Balaban J connectivity index is 1.67. The fourth-order valence-corrected chi connectivity index (χ4v) is 4.90. The molecule has 5 atom stereocenters. The van der Waals surface area contributed by atoms with Crippen LogP contribution in [0, 0.1) is 17.3 Å². The molecule has 0 radical (unpaired) electrons. The normalized spacial score (nSPS) is 42.7. The Kier molecular flexibility index (Phi) is 4.06. The molecule has 3 rings (SSSR count). The highest BCUT2D eigenvalue weighted by atomic mass is 16.6. The van der Waals surface area contributed by atoms with E-state index in [0.29, 0.717) is 17.3 Å². The molecule has 1 unspecified atom stereocenters. The van der Waals surface area contributed by atoms with E-state index in [2.05, 4.69) is 26.5 Å². The first-order valence-corrected chi connectivity index (χ1v) is 8.95. The molecular weight excluding hydrogens is 272 g/mol. The van der Waals surface area contributed by atoms with Crippen LogP contribution in [0.3, 0.4) is 0 Å². The second kappa shape index (κ2) is 5.49. The second-order valence-corrected chi connectivity index (χ2v) is 8.73. The highest BCUT2D eigenvalue weighted by molar-refractivity contribution is 5.18. The predicted octanol–water partition coefficient (Wildman–Crippen LogP) is 4.63.